The highest BCUT2D eigenvalue weighted by Gasteiger charge is 2.24. The molecule has 2 rings (SSSR count). The number of nitrogen functional groups attached to an aromatic ring is 1. The molecule has 1 fully saturated rings. The van der Waals surface area contributed by atoms with Gasteiger partial charge in [-0.2, -0.15) is 0 Å². The topological polar surface area (TPSA) is 89.3 Å². The third-order valence-electron chi connectivity index (χ3n) is 3.52. The van der Waals surface area contributed by atoms with Gasteiger partial charge in [0.25, 0.3) is 5.91 Å². The number of nitrogens with zero attached hydrogens (tertiary/aromatic N) is 1. The lowest BCUT2D eigenvalue weighted by Crippen LogP contribution is -2.40. The number of nitrogens with two attached hydrogens (primary N) is 1. The van der Waals surface area contributed by atoms with Crippen molar-refractivity contribution < 1.29 is 9.53 Å². The van der Waals surface area contributed by atoms with Crippen LogP contribution in [-0.4, -0.2) is 36.7 Å². The van der Waals surface area contributed by atoms with Gasteiger partial charge in [0.2, 0.25) is 0 Å². The van der Waals surface area contributed by atoms with E-state index in [0.717, 1.165) is 32.6 Å². The van der Waals surface area contributed by atoms with E-state index in [4.69, 9.17) is 10.5 Å². The standard InChI is InChI=1S/C13H22N4O2S/c1-3-15-13-17-11(14)10(20-13)12(18)16-8(2)9-4-6-19-7-5-9/h8-9H,3-7,14H2,1-2H3,(H,15,17)(H,16,18). The number of carbonyl (C=O) groups is 1. The van der Waals surface area contributed by atoms with Crippen molar-refractivity contribution in [3.63, 3.8) is 0 Å². The van der Waals surface area contributed by atoms with Gasteiger partial charge in [0, 0.05) is 25.8 Å². The molecule has 0 aliphatic carbocycles. The zero-order valence-corrected chi connectivity index (χ0v) is 12.8. The molecule has 0 saturated carbocycles. The fourth-order valence-corrected chi connectivity index (χ4v) is 3.18. The molecule has 1 atom stereocenters. The fraction of sp³-hybridized carbons (Fsp3) is 0.692. The number of carbonyl (C=O) groups excluding carboxylic acids is 1. The number of thiazole rings is 1. The summed E-state index contributed by atoms with van der Waals surface area (Å²) in [5, 5.41) is 6.79. The first kappa shape index (κ1) is 15.1. The van der Waals surface area contributed by atoms with E-state index >= 15 is 0 Å². The maximum absolute atomic E-state index is 12.3. The maximum Gasteiger partial charge on any atom is 0.265 e. The molecule has 20 heavy (non-hydrogen) atoms. The van der Waals surface area contributed by atoms with Gasteiger partial charge in [0.05, 0.1) is 0 Å². The van der Waals surface area contributed by atoms with E-state index in [-0.39, 0.29) is 11.9 Å². The molecule has 0 radical (unpaired) electrons. The average molecular weight is 298 g/mol. The van der Waals surface area contributed by atoms with Crippen LogP contribution in [0.3, 0.4) is 0 Å². The molecule has 1 saturated heterocycles. The van der Waals surface area contributed by atoms with E-state index in [1.165, 1.54) is 11.3 Å². The molecule has 0 bridgehead atoms. The Kier molecular flexibility index (Phi) is 5.19. The Morgan fingerprint density at radius 1 is 1.55 bits per heavy atom. The number of rotatable bonds is 5. The largest absolute Gasteiger partial charge is 0.382 e. The van der Waals surface area contributed by atoms with Crippen LogP contribution in [0.2, 0.25) is 0 Å². The lowest BCUT2D eigenvalue weighted by molar-refractivity contribution is 0.0539. The van der Waals surface area contributed by atoms with Crippen molar-refractivity contribution in [1.29, 1.82) is 0 Å². The highest BCUT2D eigenvalue weighted by Crippen LogP contribution is 2.25. The summed E-state index contributed by atoms with van der Waals surface area (Å²) in [6.45, 7) is 6.32. The van der Waals surface area contributed by atoms with Gasteiger partial charge in [-0.25, -0.2) is 4.98 Å². The minimum atomic E-state index is -0.136. The highest BCUT2D eigenvalue weighted by molar-refractivity contribution is 7.18. The number of amides is 1. The van der Waals surface area contributed by atoms with Crippen molar-refractivity contribution in [2.45, 2.75) is 32.7 Å². The Labute approximate surface area is 123 Å². The van der Waals surface area contributed by atoms with Crippen molar-refractivity contribution in [1.82, 2.24) is 10.3 Å². The van der Waals surface area contributed by atoms with Gasteiger partial charge < -0.3 is 21.1 Å². The molecule has 1 aromatic rings. The van der Waals surface area contributed by atoms with E-state index in [0.29, 0.717) is 21.7 Å². The summed E-state index contributed by atoms with van der Waals surface area (Å²) in [5.41, 5.74) is 5.81. The van der Waals surface area contributed by atoms with Gasteiger partial charge in [0.15, 0.2) is 5.13 Å². The van der Waals surface area contributed by atoms with Crippen molar-refractivity contribution >= 4 is 28.2 Å². The van der Waals surface area contributed by atoms with Crippen molar-refractivity contribution in [2.75, 3.05) is 30.8 Å². The van der Waals surface area contributed by atoms with Gasteiger partial charge in [-0.3, -0.25) is 4.79 Å². The summed E-state index contributed by atoms with van der Waals surface area (Å²) in [4.78, 5) is 16.9. The predicted molar refractivity (Wildman–Crippen MR) is 81.2 cm³/mol. The minimum absolute atomic E-state index is 0.121. The van der Waals surface area contributed by atoms with E-state index in [1.54, 1.807) is 0 Å². The van der Waals surface area contributed by atoms with E-state index in [1.807, 2.05) is 13.8 Å². The maximum atomic E-state index is 12.3. The predicted octanol–water partition coefficient (Wildman–Crippen LogP) is 1.70. The van der Waals surface area contributed by atoms with Crippen LogP contribution in [0.25, 0.3) is 0 Å². The molecule has 1 aromatic heterocycles. The van der Waals surface area contributed by atoms with Crippen LogP contribution in [0, 0.1) is 5.92 Å². The van der Waals surface area contributed by atoms with Crippen molar-refractivity contribution in [3.8, 4) is 0 Å². The molecule has 1 aliphatic heterocycles. The van der Waals surface area contributed by atoms with Crippen LogP contribution < -0.4 is 16.4 Å². The molecule has 1 unspecified atom stereocenters. The molecule has 1 aliphatic rings. The second kappa shape index (κ2) is 6.90. The first-order chi connectivity index (χ1) is 9.61. The number of hydrogen-bond donors (Lipinski definition) is 3. The zero-order chi connectivity index (χ0) is 14.5. The van der Waals surface area contributed by atoms with Crippen LogP contribution in [0.5, 0.6) is 0 Å². The van der Waals surface area contributed by atoms with Crippen LogP contribution >= 0.6 is 11.3 Å². The average Bonchev–Trinajstić information content (AvgIpc) is 2.81. The smallest absolute Gasteiger partial charge is 0.265 e. The van der Waals surface area contributed by atoms with Gasteiger partial charge >= 0.3 is 0 Å². The fourth-order valence-electron chi connectivity index (χ4n) is 2.33. The van der Waals surface area contributed by atoms with Crippen LogP contribution in [0.4, 0.5) is 10.9 Å². The molecular weight excluding hydrogens is 276 g/mol. The van der Waals surface area contributed by atoms with Gasteiger partial charge in [0.1, 0.15) is 10.7 Å². The summed E-state index contributed by atoms with van der Waals surface area (Å²) < 4.78 is 5.34. The molecule has 4 N–H and O–H groups in total. The second-order valence-electron chi connectivity index (χ2n) is 4.98. The Balaban J connectivity index is 1.96. The first-order valence-electron chi connectivity index (χ1n) is 7.00. The second-order valence-corrected chi connectivity index (χ2v) is 5.97. The van der Waals surface area contributed by atoms with Gasteiger partial charge in [-0.1, -0.05) is 11.3 Å². The first-order valence-corrected chi connectivity index (χ1v) is 7.82. The normalized spacial score (nSPS) is 17.7. The van der Waals surface area contributed by atoms with E-state index in [9.17, 15) is 4.79 Å². The Morgan fingerprint density at radius 2 is 2.25 bits per heavy atom. The number of anilines is 2. The molecule has 112 valence electrons. The summed E-state index contributed by atoms with van der Waals surface area (Å²) in [6.07, 6.45) is 1.98. The molecule has 7 heteroatoms. The van der Waals surface area contributed by atoms with E-state index < -0.39 is 0 Å². The lowest BCUT2D eigenvalue weighted by Gasteiger charge is -2.28. The summed E-state index contributed by atoms with van der Waals surface area (Å²) >= 11 is 1.30. The molecule has 6 nitrogen and oxygen atoms in total. The van der Waals surface area contributed by atoms with Gasteiger partial charge in [-0.05, 0) is 32.6 Å². The Bertz CT molecular complexity index is 457. The third-order valence-corrected chi connectivity index (χ3v) is 4.55. The number of aromatic nitrogens is 1. The highest BCUT2D eigenvalue weighted by atomic mass is 32.1. The molecule has 0 spiro atoms. The number of hydrogen-bond acceptors (Lipinski definition) is 6. The number of ether oxygens (including phenoxy) is 1. The van der Waals surface area contributed by atoms with Crippen LogP contribution in [-0.2, 0) is 4.74 Å². The molecule has 1 amide bonds. The van der Waals surface area contributed by atoms with Crippen LogP contribution in [0.1, 0.15) is 36.4 Å². The third kappa shape index (κ3) is 3.61. The van der Waals surface area contributed by atoms with Crippen LogP contribution in [0.15, 0.2) is 0 Å². The Morgan fingerprint density at radius 3 is 2.90 bits per heavy atom. The van der Waals surface area contributed by atoms with Crippen molar-refractivity contribution in [2.24, 2.45) is 5.92 Å². The molecule has 2 heterocycles. The zero-order valence-electron chi connectivity index (χ0n) is 11.9. The summed E-state index contributed by atoms with van der Waals surface area (Å²) in [5.74, 6) is 0.626. The summed E-state index contributed by atoms with van der Waals surface area (Å²) in [6, 6.07) is 0.121. The number of nitrogens with one attached hydrogen (secondary N) is 2. The molecule has 0 aromatic carbocycles. The van der Waals surface area contributed by atoms with Gasteiger partial charge in [-0.15, -0.1) is 0 Å². The monoisotopic (exact) mass is 298 g/mol. The van der Waals surface area contributed by atoms with E-state index in [2.05, 4.69) is 15.6 Å². The molecular formula is C13H22N4O2S. The van der Waals surface area contributed by atoms with Crippen molar-refractivity contribution in [3.05, 3.63) is 4.88 Å². The quantitative estimate of drug-likeness (QED) is 0.770. The lowest BCUT2D eigenvalue weighted by atomic mass is 9.93. The summed E-state index contributed by atoms with van der Waals surface area (Å²) in [7, 11) is 0. The minimum Gasteiger partial charge on any atom is -0.382 e. The Hall–Kier alpha value is -1.34. The SMILES string of the molecule is CCNc1nc(N)c(C(=O)NC(C)C2CCOCC2)s1.